The van der Waals surface area contributed by atoms with Gasteiger partial charge in [0.25, 0.3) is 0 Å². The Bertz CT molecular complexity index is 1900. The Hall–Kier alpha value is -5.04. The highest BCUT2D eigenvalue weighted by atomic mass is 19.1. The Balaban J connectivity index is 0.925. The van der Waals surface area contributed by atoms with Gasteiger partial charge in [-0.1, -0.05) is 13.0 Å². The van der Waals surface area contributed by atoms with E-state index in [2.05, 4.69) is 49.2 Å². The number of hydrogen-bond donors (Lipinski definition) is 0. The molecule has 11 nitrogen and oxygen atoms in total. The molecule has 2 fully saturated rings. The van der Waals surface area contributed by atoms with E-state index >= 15 is 0 Å². The molecule has 49 heavy (non-hydrogen) atoms. The predicted octanol–water partition coefficient (Wildman–Crippen LogP) is 5.21. The minimum absolute atomic E-state index is 0.00165. The number of halogens is 2. The van der Waals surface area contributed by atoms with Gasteiger partial charge in [0.2, 0.25) is 0 Å². The van der Waals surface area contributed by atoms with Gasteiger partial charge in [0, 0.05) is 55.1 Å². The van der Waals surface area contributed by atoms with Crippen LogP contribution >= 0.6 is 0 Å². The summed E-state index contributed by atoms with van der Waals surface area (Å²) in [6.45, 7) is 8.54. The molecule has 13 heteroatoms. The first-order valence-corrected chi connectivity index (χ1v) is 16.7. The summed E-state index contributed by atoms with van der Waals surface area (Å²) < 4.78 is 45.8. The zero-order valence-corrected chi connectivity index (χ0v) is 27.7. The van der Waals surface area contributed by atoms with E-state index in [1.807, 2.05) is 38.1 Å². The molecule has 2 aliphatic heterocycles. The van der Waals surface area contributed by atoms with E-state index in [1.165, 1.54) is 23.1 Å². The van der Waals surface area contributed by atoms with Crippen molar-refractivity contribution in [2.45, 2.75) is 44.9 Å². The van der Waals surface area contributed by atoms with Crippen molar-refractivity contribution in [3.63, 3.8) is 0 Å². The average molecular weight is 671 g/mol. The average Bonchev–Trinajstić information content (AvgIpc) is 3.88. The molecule has 0 aliphatic carbocycles. The first kappa shape index (κ1) is 32.5. The van der Waals surface area contributed by atoms with Crippen molar-refractivity contribution in [2.75, 3.05) is 49.2 Å². The Morgan fingerprint density at radius 2 is 1.59 bits per heavy atom. The highest BCUT2D eigenvalue weighted by Crippen LogP contribution is 2.42. The molecule has 0 bridgehead atoms. The second-order valence-corrected chi connectivity index (χ2v) is 12.9. The van der Waals surface area contributed by atoms with Crippen molar-refractivity contribution in [1.82, 2.24) is 29.1 Å². The summed E-state index contributed by atoms with van der Waals surface area (Å²) in [5.41, 5.74) is 2.22. The Morgan fingerprint density at radius 1 is 0.918 bits per heavy atom. The van der Waals surface area contributed by atoms with Crippen molar-refractivity contribution in [3.05, 3.63) is 113 Å². The second kappa shape index (κ2) is 13.8. The van der Waals surface area contributed by atoms with Crippen molar-refractivity contribution < 1.29 is 18.3 Å². The lowest BCUT2D eigenvalue weighted by Crippen LogP contribution is -2.46. The minimum atomic E-state index is -1.01. The zero-order chi connectivity index (χ0) is 34.0. The van der Waals surface area contributed by atoms with Gasteiger partial charge in [0.1, 0.15) is 42.0 Å². The molecule has 7 rings (SSSR count). The zero-order valence-electron chi connectivity index (χ0n) is 27.7. The lowest BCUT2D eigenvalue weighted by atomic mass is 9.87. The molecule has 0 N–H and O–H groups in total. The summed E-state index contributed by atoms with van der Waals surface area (Å²) in [7, 11) is 0. The summed E-state index contributed by atoms with van der Waals surface area (Å²) in [5, 5.41) is 8.47. The molecule has 0 saturated carbocycles. The first-order chi connectivity index (χ1) is 23.8. The first-order valence-electron chi connectivity index (χ1n) is 16.7. The van der Waals surface area contributed by atoms with Gasteiger partial charge in [-0.25, -0.2) is 32.5 Å². The fraction of sp³-hybridized carbons (Fsp3) is 0.389. The van der Waals surface area contributed by atoms with E-state index in [-0.39, 0.29) is 24.2 Å². The molecule has 2 saturated heterocycles. The van der Waals surface area contributed by atoms with Crippen LogP contribution in [0, 0.1) is 17.6 Å². The van der Waals surface area contributed by atoms with Crippen LogP contribution in [0.15, 0.2) is 90.5 Å². The molecule has 4 heterocycles. The smallest absolute Gasteiger partial charge is 0.350 e. The van der Waals surface area contributed by atoms with Crippen molar-refractivity contribution in [1.29, 1.82) is 0 Å². The third-order valence-electron chi connectivity index (χ3n) is 9.68. The Morgan fingerprint density at radius 3 is 2.22 bits per heavy atom. The van der Waals surface area contributed by atoms with E-state index in [0.29, 0.717) is 25.2 Å². The fourth-order valence-corrected chi connectivity index (χ4v) is 6.77. The molecular weight excluding hydrogens is 630 g/mol. The van der Waals surface area contributed by atoms with Gasteiger partial charge in [-0.05, 0) is 74.4 Å². The molecule has 5 aromatic rings. The summed E-state index contributed by atoms with van der Waals surface area (Å²) in [4.78, 5) is 21.5. The van der Waals surface area contributed by atoms with E-state index in [9.17, 15) is 13.6 Å². The molecule has 256 valence electrons. The van der Waals surface area contributed by atoms with Gasteiger partial charge in [-0.2, -0.15) is 10.2 Å². The largest absolute Gasteiger partial charge is 0.493 e. The molecule has 2 aliphatic rings. The van der Waals surface area contributed by atoms with Crippen molar-refractivity contribution >= 4 is 11.4 Å². The number of piperazine rings is 1. The van der Waals surface area contributed by atoms with E-state index in [1.54, 1.807) is 21.9 Å². The SMILES string of the molecule is CC[C@H](C)n1ncn(-c2ccc(N3CCN(c4ccc(OC[C@H]5CO[C@](Cn6cncn6)(c6ccc(F)cc6F)C5)cc4)CC3)cc2)c1=O. The number of nitrogens with zero attached hydrogens (tertiary/aromatic N) is 8. The van der Waals surface area contributed by atoms with Crippen LogP contribution in [0.2, 0.25) is 0 Å². The standard InChI is InChI=1S/C36H40F2N8O3/c1-3-26(2)46-35(47)45(25-41-46)31-7-5-29(6-8-31)42-14-16-43(17-15-42)30-9-11-32(12-10-30)48-20-27-19-36(49-21-27,22-44-24-39-23-40-44)33-13-4-28(37)18-34(33)38/h4-13,18,23-27H,3,14-17,19-22H2,1-2H3/t26-,27-,36+/m0/s1. The van der Waals surface area contributed by atoms with Gasteiger partial charge in [0.05, 0.1) is 31.5 Å². The maximum atomic E-state index is 15.0. The molecule has 0 unspecified atom stereocenters. The van der Waals surface area contributed by atoms with Crippen molar-refractivity contribution in [2.24, 2.45) is 5.92 Å². The number of benzene rings is 3. The van der Waals surface area contributed by atoms with Gasteiger partial charge in [-0.3, -0.25) is 0 Å². The predicted molar refractivity (Wildman–Crippen MR) is 181 cm³/mol. The highest BCUT2D eigenvalue weighted by molar-refractivity contribution is 5.54. The lowest BCUT2D eigenvalue weighted by Gasteiger charge is -2.37. The van der Waals surface area contributed by atoms with Gasteiger partial charge in [0.15, 0.2) is 0 Å². The monoisotopic (exact) mass is 670 g/mol. The summed E-state index contributed by atoms with van der Waals surface area (Å²) in [5.74, 6) is -0.529. The molecule has 0 amide bonds. The topological polar surface area (TPSA) is 95.5 Å². The molecule has 2 aromatic heterocycles. The fourth-order valence-electron chi connectivity index (χ4n) is 6.77. The molecule has 3 atom stereocenters. The lowest BCUT2D eigenvalue weighted by molar-refractivity contribution is -0.0206. The van der Waals surface area contributed by atoms with E-state index < -0.39 is 17.2 Å². The van der Waals surface area contributed by atoms with Crippen LogP contribution < -0.4 is 20.2 Å². The number of ether oxygens (including phenoxy) is 2. The number of aromatic nitrogens is 6. The summed E-state index contributed by atoms with van der Waals surface area (Å²) in [6, 6.07) is 19.8. The third-order valence-corrected chi connectivity index (χ3v) is 9.68. The highest BCUT2D eigenvalue weighted by Gasteiger charge is 2.44. The van der Waals surface area contributed by atoms with Crippen LogP contribution in [0.5, 0.6) is 5.75 Å². The maximum absolute atomic E-state index is 15.0. The molecule has 3 aromatic carbocycles. The summed E-state index contributed by atoms with van der Waals surface area (Å²) >= 11 is 0. The van der Waals surface area contributed by atoms with E-state index in [0.717, 1.165) is 61.5 Å². The number of rotatable bonds is 11. The minimum Gasteiger partial charge on any atom is -0.493 e. The van der Waals surface area contributed by atoms with Crippen LogP contribution in [0.3, 0.4) is 0 Å². The van der Waals surface area contributed by atoms with Gasteiger partial charge < -0.3 is 19.3 Å². The maximum Gasteiger partial charge on any atom is 0.350 e. The van der Waals surface area contributed by atoms with Crippen LogP contribution in [-0.2, 0) is 16.9 Å². The van der Waals surface area contributed by atoms with Crippen LogP contribution in [0.1, 0.15) is 38.3 Å². The second-order valence-electron chi connectivity index (χ2n) is 12.9. The third kappa shape index (κ3) is 6.80. The number of hydrogen-bond acceptors (Lipinski definition) is 8. The molecule has 0 spiro atoms. The van der Waals surface area contributed by atoms with Gasteiger partial charge in [-0.15, -0.1) is 0 Å². The molecular formula is C36H40F2N8O3. The summed E-state index contributed by atoms with van der Waals surface area (Å²) in [6.07, 6.45) is 5.90. The van der Waals surface area contributed by atoms with Crippen LogP contribution in [-0.4, -0.2) is 68.5 Å². The van der Waals surface area contributed by atoms with Gasteiger partial charge >= 0.3 is 5.69 Å². The van der Waals surface area contributed by atoms with Crippen LogP contribution in [0.4, 0.5) is 20.2 Å². The Labute approximate surface area is 283 Å². The van der Waals surface area contributed by atoms with E-state index in [4.69, 9.17) is 9.47 Å². The Kier molecular flexibility index (Phi) is 9.17. The van der Waals surface area contributed by atoms with Crippen LogP contribution in [0.25, 0.3) is 5.69 Å². The normalized spacial score (nSPS) is 20.1. The molecule has 0 radical (unpaired) electrons. The quantitative estimate of drug-likeness (QED) is 0.189. The number of anilines is 2. The van der Waals surface area contributed by atoms with Crippen molar-refractivity contribution in [3.8, 4) is 11.4 Å².